The van der Waals surface area contributed by atoms with E-state index in [0.29, 0.717) is 5.69 Å². The number of nitrogens with one attached hydrogen (secondary N) is 1. The van der Waals surface area contributed by atoms with Gasteiger partial charge in [0, 0.05) is 5.39 Å². The lowest BCUT2D eigenvalue weighted by atomic mass is 10.1. The highest BCUT2D eigenvalue weighted by atomic mass is 32.2. The minimum absolute atomic E-state index is 0.647. The van der Waals surface area contributed by atoms with Gasteiger partial charge in [-0.05, 0) is 30.3 Å². The van der Waals surface area contributed by atoms with E-state index in [2.05, 4.69) is 10.2 Å². The number of nitriles is 1. The third-order valence-electron chi connectivity index (χ3n) is 2.08. The summed E-state index contributed by atoms with van der Waals surface area (Å²) in [5.41, 5.74) is 8.32. The van der Waals surface area contributed by atoms with E-state index in [1.807, 2.05) is 18.4 Å². The Morgan fingerprint density at radius 3 is 3.14 bits per heavy atom. The molecule has 1 heterocycles. The van der Waals surface area contributed by atoms with E-state index < -0.39 is 0 Å². The van der Waals surface area contributed by atoms with Crippen LogP contribution in [0, 0.1) is 17.6 Å². The number of fused-ring (bicyclic) bond motifs is 1. The van der Waals surface area contributed by atoms with Crippen LogP contribution in [0.4, 0.5) is 5.69 Å². The van der Waals surface area contributed by atoms with Crippen molar-refractivity contribution in [1.29, 1.82) is 5.26 Å². The molecule has 14 heavy (non-hydrogen) atoms. The summed E-state index contributed by atoms with van der Waals surface area (Å²) in [5, 5.41) is 18.4. The van der Waals surface area contributed by atoms with Gasteiger partial charge in [0.1, 0.15) is 5.40 Å². The molecule has 70 valence electrons. The number of H-pyrrole nitrogens is 1. The molecule has 0 aliphatic carbocycles. The van der Waals surface area contributed by atoms with Gasteiger partial charge in [-0.25, -0.2) is 0 Å². The molecule has 2 aromatic rings. The predicted molar refractivity (Wildman–Crippen MR) is 56.7 cm³/mol. The summed E-state index contributed by atoms with van der Waals surface area (Å²) in [6.45, 7) is 1.92. The molecule has 0 fully saturated rings. The van der Waals surface area contributed by atoms with E-state index in [9.17, 15) is 0 Å². The molecule has 0 radical (unpaired) electrons. The van der Waals surface area contributed by atoms with E-state index >= 15 is 0 Å². The standard InChI is InChI=1S/C9H8N4S/c1-5-2-6-3-12-13-8(6)9(7(5)11)14-4-10/h2-3H,11H2,1H3,(H,12,13). The molecule has 1 aromatic carbocycles. The van der Waals surface area contributed by atoms with Gasteiger partial charge in [-0.3, -0.25) is 5.10 Å². The number of aryl methyl sites for hydroxylation is 1. The number of benzene rings is 1. The van der Waals surface area contributed by atoms with Crippen LogP contribution < -0.4 is 5.73 Å². The van der Waals surface area contributed by atoms with Gasteiger partial charge in [0.2, 0.25) is 0 Å². The zero-order valence-corrected chi connectivity index (χ0v) is 8.35. The van der Waals surface area contributed by atoms with Gasteiger partial charge in [0.15, 0.2) is 0 Å². The average molecular weight is 204 g/mol. The smallest absolute Gasteiger partial charge is 0.138 e. The third-order valence-corrected chi connectivity index (χ3v) is 2.80. The molecular weight excluding hydrogens is 196 g/mol. The molecule has 4 nitrogen and oxygen atoms in total. The van der Waals surface area contributed by atoms with Crippen molar-refractivity contribution in [3.8, 4) is 5.40 Å². The summed E-state index contributed by atoms with van der Waals surface area (Å²) in [7, 11) is 0. The zero-order chi connectivity index (χ0) is 10.1. The molecule has 0 saturated carbocycles. The van der Waals surface area contributed by atoms with Crippen LogP contribution in [-0.2, 0) is 0 Å². The largest absolute Gasteiger partial charge is 0.398 e. The fourth-order valence-corrected chi connectivity index (χ4v) is 1.99. The molecule has 0 unspecified atom stereocenters. The molecule has 0 bridgehead atoms. The topological polar surface area (TPSA) is 78.5 Å². The Kier molecular flexibility index (Phi) is 2.06. The first-order valence-corrected chi connectivity index (χ1v) is 4.83. The molecule has 5 heteroatoms. The van der Waals surface area contributed by atoms with E-state index in [4.69, 9.17) is 11.0 Å². The van der Waals surface area contributed by atoms with Crippen molar-refractivity contribution in [3.63, 3.8) is 0 Å². The molecule has 0 aliphatic rings. The highest BCUT2D eigenvalue weighted by Crippen LogP contribution is 2.33. The first-order chi connectivity index (χ1) is 6.74. The second-order valence-corrected chi connectivity index (χ2v) is 3.76. The van der Waals surface area contributed by atoms with Crippen LogP contribution in [0.25, 0.3) is 10.9 Å². The van der Waals surface area contributed by atoms with E-state index in [1.54, 1.807) is 6.20 Å². The van der Waals surface area contributed by atoms with E-state index in [1.165, 1.54) is 0 Å². The number of hydrogen-bond acceptors (Lipinski definition) is 4. The van der Waals surface area contributed by atoms with E-state index in [0.717, 1.165) is 33.1 Å². The maximum absolute atomic E-state index is 8.66. The molecule has 0 saturated heterocycles. The number of thioether (sulfide) groups is 1. The SMILES string of the molecule is Cc1cc2cn[nH]c2c(SC#N)c1N. The lowest BCUT2D eigenvalue weighted by Gasteiger charge is -2.05. The van der Waals surface area contributed by atoms with Crippen molar-refractivity contribution < 1.29 is 0 Å². The Balaban J connectivity index is 2.81. The molecular formula is C9H8N4S. The predicted octanol–water partition coefficient (Wildman–Crippen LogP) is 2.03. The van der Waals surface area contributed by atoms with Gasteiger partial charge in [-0.15, -0.1) is 0 Å². The van der Waals surface area contributed by atoms with Gasteiger partial charge in [0.25, 0.3) is 0 Å². The molecule has 0 spiro atoms. The van der Waals surface area contributed by atoms with Crippen molar-refractivity contribution >= 4 is 28.4 Å². The van der Waals surface area contributed by atoms with Crippen LogP contribution >= 0.6 is 11.8 Å². The van der Waals surface area contributed by atoms with E-state index in [-0.39, 0.29) is 0 Å². The summed E-state index contributed by atoms with van der Waals surface area (Å²) in [5.74, 6) is 0. The lowest BCUT2D eigenvalue weighted by molar-refractivity contribution is 1.11. The van der Waals surface area contributed by atoms with Crippen molar-refractivity contribution in [3.05, 3.63) is 17.8 Å². The number of nitrogen functional groups attached to an aromatic ring is 1. The van der Waals surface area contributed by atoms with Crippen LogP contribution in [0.1, 0.15) is 5.56 Å². The molecule has 3 N–H and O–H groups in total. The molecule has 0 atom stereocenters. The monoisotopic (exact) mass is 204 g/mol. The minimum atomic E-state index is 0.647. The fraction of sp³-hybridized carbons (Fsp3) is 0.111. The van der Waals surface area contributed by atoms with Gasteiger partial charge in [-0.1, -0.05) is 0 Å². The van der Waals surface area contributed by atoms with Gasteiger partial charge in [0.05, 0.1) is 22.3 Å². The number of aromatic amines is 1. The number of nitrogens with zero attached hydrogens (tertiary/aromatic N) is 2. The lowest BCUT2D eigenvalue weighted by Crippen LogP contribution is -1.93. The molecule has 0 amide bonds. The second kappa shape index (κ2) is 3.24. The maximum Gasteiger partial charge on any atom is 0.138 e. The number of aromatic nitrogens is 2. The number of nitrogens with two attached hydrogens (primary N) is 1. The third kappa shape index (κ3) is 1.20. The van der Waals surface area contributed by atoms with Crippen LogP contribution in [0.3, 0.4) is 0 Å². The summed E-state index contributed by atoms with van der Waals surface area (Å²) in [6, 6.07) is 1.95. The Hall–Kier alpha value is -1.67. The van der Waals surface area contributed by atoms with Gasteiger partial charge in [-0.2, -0.15) is 10.4 Å². The number of thiocyanates is 1. The van der Waals surface area contributed by atoms with Crippen LogP contribution in [-0.4, -0.2) is 10.2 Å². The zero-order valence-electron chi connectivity index (χ0n) is 7.53. The maximum atomic E-state index is 8.66. The quantitative estimate of drug-likeness (QED) is 0.423. The van der Waals surface area contributed by atoms with Crippen molar-refractivity contribution in [2.45, 2.75) is 11.8 Å². The summed E-state index contributed by atoms with van der Waals surface area (Å²) in [6.07, 6.45) is 1.73. The molecule has 1 aromatic heterocycles. The highest BCUT2D eigenvalue weighted by Gasteiger charge is 2.10. The Bertz CT molecular complexity index is 523. The minimum Gasteiger partial charge on any atom is -0.398 e. The number of anilines is 1. The Morgan fingerprint density at radius 1 is 1.64 bits per heavy atom. The molecule has 2 rings (SSSR count). The number of hydrogen-bond donors (Lipinski definition) is 2. The highest BCUT2D eigenvalue weighted by molar-refractivity contribution is 8.04. The fourth-order valence-electron chi connectivity index (χ4n) is 1.36. The number of rotatable bonds is 1. The second-order valence-electron chi connectivity index (χ2n) is 2.96. The Morgan fingerprint density at radius 2 is 2.43 bits per heavy atom. The normalized spacial score (nSPS) is 10.3. The summed E-state index contributed by atoms with van der Waals surface area (Å²) < 4.78 is 0. The van der Waals surface area contributed by atoms with Crippen LogP contribution in [0.5, 0.6) is 0 Å². The van der Waals surface area contributed by atoms with Crippen LogP contribution in [0.15, 0.2) is 17.2 Å². The van der Waals surface area contributed by atoms with Crippen molar-refractivity contribution in [1.82, 2.24) is 10.2 Å². The first-order valence-electron chi connectivity index (χ1n) is 4.02. The Labute approximate surface area is 85.1 Å². The van der Waals surface area contributed by atoms with Gasteiger partial charge < -0.3 is 5.73 Å². The van der Waals surface area contributed by atoms with Crippen molar-refractivity contribution in [2.75, 3.05) is 5.73 Å². The summed E-state index contributed by atoms with van der Waals surface area (Å²) >= 11 is 1.06. The van der Waals surface area contributed by atoms with Crippen molar-refractivity contribution in [2.24, 2.45) is 0 Å². The summed E-state index contributed by atoms with van der Waals surface area (Å²) in [4.78, 5) is 0.764. The average Bonchev–Trinajstić information content (AvgIpc) is 2.60. The first kappa shape index (κ1) is 8.91. The molecule has 0 aliphatic heterocycles. The van der Waals surface area contributed by atoms with Gasteiger partial charge >= 0.3 is 0 Å². The van der Waals surface area contributed by atoms with Crippen LogP contribution in [0.2, 0.25) is 0 Å².